The van der Waals surface area contributed by atoms with Crippen molar-refractivity contribution in [3.8, 4) is 0 Å². The number of alkyl halides is 3. The standard InChI is InChI=1S/C15H22N2O.C14H23N3O.C14H20N2O.C13H19N3O.C12H18N2O.C10H17N3.C9H13F3N2/c1-10(2)12-9-16-13(8-11(12)3)17(5)14(18)15(4)6-7-15;1-9(2)11-8-15-13(16-10(11)3)17(7)12(18)14(4,5)6;1-9(2)12-8-15-13(7-10(12)3)16(4)14(17)11-5-6-11;1-8(2)11-7-14-13(15-9(11)3)16(4)12(17)10-5-6-10;1-8(2)11-7-13-12(6-9(11)3)14(5)10(4)15;1-7(2)9-6-11-10(13(4)5)12-8(9)3;1-6(2)8-4-7(13-14(8)3)5-9(10,11)12/h8-10H,6-7H2,1-5H3;8-9H,1-7H3;7-9,11H,5-6H2,1-4H3;7-8,10H,5-6H2,1-4H3;6-8H,1-5H3;6-7H,1-5H3;4,6H,5H2,1-3H3. The van der Waals surface area contributed by atoms with E-state index in [0.717, 1.165) is 90.0 Å². The van der Waals surface area contributed by atoms with Gasteiger partial charge in [0.05, 0.1) is 12.1 Å². The second kappa shape index (κ2) is 41.0. The van der Waals surface area contributed by atoms with E-state index < -0.39 is 18.0 Å². The zero-order chi connectivity index (χ0) is 85.3. The summed E-state index contributed by atoms with van der Waals surface area (Å²) in [5, 5.41) is 3.81. The first-order valence-electron chi connectivity index (χ1n) is 39.3. The molecule has 0 radical (unpaired) electrons. The van der Waals surface area contributed by atoms with E-state index in [1.165, 1.54) is 61.5 Å². The lowest BCUT2D eigenvalue weighted by molar-refractivity contribution is -0.128. The number of aromatic nitrogens is 11. The van der Waals surface area contributed by atoms with Gasteiger partial charge >= 0.3 is 6.18 Å². The molecular formula is C87H132F3N17O5. The second-order valence-electron chi connectivity index (χ2n) is 33.7. The molecule has 0 unspecified atom stereocenters. The molecule has 616 valence electrons. The van der Waals surface area contributed by atoms with Crippen LogP contribution in [0.25, 0.3) is 0 Å². The Balaban J connectivity index is 0.000000276. The molecule has 22 nitrogen and oxygen atoms in total. The normalized spacial score (nSPS) is 13.4. The summed E-state index contributed by atoms with van der Waals surface area (Å²) in [6.07, 6.45) is 12.2. The molecule has 0 atom stereocenters. The van der Waals surface area contributed by atoms with Gasteiger partial charge in [0.25, 0.3) is 0 Å². The number of hydrogen-bond acceptors (Lipinski definition) is 16. The number of carbonyl (C=O) groups is 5. The van der Waals surface area contributed by atoms with Gasteiger partial charge in [-0.3, -0.25) is 48.3 Å². The highest BCUT2D eigenvalue weighted by molar-refractivity contribution is 5.98. The van der Waals surface area contributed by atoms with Crippen molar-refractivity contribution in [2.75, 3.05) is 78.7 Å². The van der Waals surface area contributed by atoms with Gasteiger partial charge in [-0.15, -0.1) is 0 Å². The summed E-state index contributed by atoms with van der Waals surface area (Å²) in [5.41, 5.74) is 14.1. The van der Waals surface area contributed by atoms with Crippen molar-refractivity contribution in [2.24, 2.45) is 29.7 Å². The van der Waals surface area contributed by atoms with Gasteiger partial charge in [-0.25, -0.2) is 44.9 Å². The van der Waals surface area contributed by atoms with E-state index in [9.17, 15) is 37.1 Å². The number of carbonyl (C=O) groups excluding carboxylic acids is 5. The lowest BCUT2D eigenvalue weighted by Gasteiger charge is -2.24. The van der Waals surface area contributed by atoms with Crippen LogP contribution in [0.1, 0.15) is 290 Å². The summed E-state index contributed by atoms with van der Waals surface area (Å²) in [4.78, 5) is 109. The molecule has 10 rings (SSSR count). The van der Waals surface area contributed by atoms with Crippen LogP contribution in [0.3, 0.4) is 0 Å². The minimum Gasteiger partial charge on any atom is -0.347 e. The highest BCUT2D eigenvalue weighted by Gasteiger charge is 2.47. The summed E-state index contributed by atoms with van der Waals surface area (Å²) in [5.74, 6) is 7.89. The molecule has 25 heteroatoms. The van der Waals surface area contributed by atoms with Crippen molar-refractivity contribution in [1.29, 1.82) is 0 Å². The molecular weight excluding hydrogens is 1420 g/mol. The van der Waals surface area contributed by atoms with E-state index in [2.05, 4.69) is 154 Å². The van der Waals surface area contributed by atoms with Crippen LogP contribution in [-0.2, 0) is 37.4 Å². The Kier molecular flexibility index (Phi) is 34.9. The van der Waals surface area contributed by atoms with Crippen molar-refractivity contribution < 1.29 is 37.1 Å². The van der Waals surface area contributed by atoms with Crippen LogP contribution in [0, 0.1) is 64.2 Å². The lowest BCUT2D eigenvalue weighted by atomic mass is 9.95. The molecule has 0 aliphatic heterocycles. The topological polar surface area (TPSA) is 239 Å². The molecule has 7 aromatic rings. The molecule has 112 heavy (non-hydrogen) atoms. The van der Waals surface area contributed by atoms with Crippen LogP contribution < -0.4 is 29.4 Å². The molecule has 0 bridgehead atoms. The highest BCUT2D eigenvalue weighted by Crippen LogP contribution is 2.47. The quantitative estimate of drug-likeness (QED) is 0.0823. The Labute approximate surface area is 667 Å². The summed E-state index contributed by atoms with van der Waals surface area (Å²) < 4.78 is 37.6. The predicted octanol–water partition coefficient (Wildman–Crippen LogP) is 18.5. The molecule has 7 heterocycles. The van der Waals surface area contributed by atoms with Gasteiger partial charge in [0.1, 0.15) is 17.5 Å². The maximum atomic E-state index is 12.2. The molecule has 0 spiro atoms. The van der Waals surface area contributed by atoms with Crippen molar-refractivity contribution in [1.82, 2.24) is 54.6 Å². The van der Waals surface area contributed by atoms with E-state index in [-0.39, 0.29) is 58.4 Å². The number of amides is 5. The van der Waals surface area contributed by atoms with Crippen LogP contribution in [0.15, 0.2) is 61.4 Å². The Morgan fingerprint density at radius 1 is 0.455 bits per heavy atom. The zero-order valence-electron chi connectivity index (χ0n) is 73.7. The number of pyridine rings is 3. The molecule has 3 saturated carbocycles. The van der Waals surface area contributed by atoms with E-state index in [1.807, 2.05) is 151 Å². The minimum absolute atomic E-state index is 0.000744. The third-order valence-electron chi connectivity index (χ3n) is 19.9. The Bertz CT molecular complexity index is 4140. The molecule has 7 aromatic heterocycles. The number of anilines is 6. The first-order valence-corrected chi connectivity index (χ1v) is 39.3. The summed E-state index contributed by atoms with van der Waals surface area (Å²) in [7, 11) is 14.4. The van der Waals surface area contributed by atoms with E-state index in [4.69, 9.17) is 0 Å². The molecule has 0 saturated heterocycles. The first kappa shape index (κ1) is 95.2. The molecule has 5 amide bonds. The first-order chi connectivity index (χ1) is 51.7. The number of halogens is 3. The van der Waals surface area contributed by atoms with Gasteiger partial charge in [0.15, 0.2) is 0 Å². The zero-order valence-corrected chi connectivity index (χ0v) is 73.7. The van der Waals surface area contributed by atoms with E-state index >= 15 is 0 Å². The predicted molar refractivity (Wildman–Crippen MR) is 448 cm³/mol. The average Bonchev–Trinajstić information content (AvgIpc) is 1.62. The fraction of sp³-hybridized carbons (Fsp3) is 0.598. The summed E-state index contributed by atoms with van der Waals surface area (Å²) in [6, 6.07) is 7.49. The highest BCUT2D eigenvalue weighted by atomic mass is 19.4. The maximum Gasteiger partial charge on any atom is 0.394 e. The monoisotopic (exact) mass is 1550 g/mol. The van der Waals surface area contributed by atoms with Crippen molar-refractivity contribution >= 4 is 64.8 Å². The Hall–Kier alpha value is -9.16. The lowest BCUT2D eigenvalue weighted by Crippen LogP contribution is -2.37. The van der Waals surface area contributed by atoms with Gasteiger partial charge in [0, 0.05) is 146 Å². The number of aryl methyl sites for hydroxylation is 7. The van der Waals surface area contributed by atoms with E-state index in [0.29, 0.717) is 53.2 Å². The van der Waals surface area contributed by atoms with Crippen LogP contribution in [0.2, 0.25) is 0 Å². The molecule has 0 aromatic carbocycles. The average molecular weight is 1550 g/mol. The third kappa shape index (κ3) is 28.2. The second-order valence-corrected chi connectivity index (χ2v) is 33.7. The number of nitrogens with zero attached hydrogens (tertiary/aromatic N) is 17. The minimum atomic E-state index is -4.18. The van der Waals surface area contributed by atoms with Crippen LogP contribution in [0.5, 0.6) is 0 Å². The van der Waals surface area contributed by atoms with Gasteiger partial charge in [0.2, 0.25) is 47.4 Å². The fourth-order valence-electron chi connectivity index (χ4n) is 12.1. The molecule has 3 aliphatic rings. The summed E-state index contributed by atoms with van der Waals surface area (Å²) >= 11 is 0. The largest absolute Gasteiger partial charge is 0.394 e. The Morgan fingerprint density at radius 2 is 0.777 bits per heavy atom. The van der Waals surface area contributed by atoms with Crippen molar-refractivity contribution in [2.45, 2.75) is 266 Å². The SMILES string of the molecule is CC(=O)N(C)c1cc(C)c(C(C)C)cn1.CC(C)c1cc(CC(F)(F)F)nn1C.Cc1cc(N(C)C(=O)C2(C)CC2)ncc1C(C)C.Cc1cc(N(C)C(=O)C2CC2)ncc1C(C)C.Cc1nc(N(C)C(=O)C(C)(C)C)ncc1C(C)C.Cc1nc(N(C)C(=O)C2CC2)ncc1C(C)C.Cc1nc(N(C)C)ncc1C(C)C. The van der Waals surface area contributed by atoms with Gasteiger partial charge in [-0.05, 0) is 196 Å². The number of rotatable bonds is 17. The molecule has 3 fully saturated rings. The van der Waals surface area contributed by atoms with Gasteiger partial charge < -0.3 is 9.80 Å². The fourth-order valence-corrected chi connectivity index (χ4v) is 12.1. The number of hydrogen-bond donors (Lipinski definition) is 0. The smallest absolute Gasteiger partial charge is 0.347 e. The van der Waals surface area contributed by atoms with Gasteiger partial charge in [-0.1, -0.05) is 125 Å². The van der Waals surface area contributed by atoms with Crippen molar-refractivity contribution in [3.05, 3.63) is 140 Å². The van der Waals surface area contributed by atoms with Crippen molar-refractivity contribution in [3.63, 3.8) is 0 Å². The van der Waals surface area contributed by atoms with Crippen LogP contribution >= 0.6 is 0 Å². The van der Waals surface area contributed by atoms with Gasteiger partial charge in [-0.2, -0.15) is 18.3 Å². The van der Waals surface area contributed by atoms with E-state index in [1.54, 1.807) is 47.8 Å². The molecule has 0 N–H and O–H groups in total. The summed E-state index contributed by atoms with van der Waals surface area (Å²) in [6.45, 7) is 50.9. The van der Waals surface area contributed by atoms with Crippen LogP contribution in [-0.4, -0.2) is 140 Å². The third-order valence-corrected chi connectivity index (χ3v) is 19.9. The Morgan fingerprint density at radius 3 is 1.06 bits per heavy atom. The maximum absolute atomic E-state index is 12.2. The molecule has 3 aliphatic carbocycles. The van der Waals surface area contributed by atoms with Crippen LogP contribution in [0.4, 0.5) is 48.5 Å².